The van der Waals surface area contributed by atoms with Gasteiger partial charge >= 0.3 is 5.97 Å². The molecule has 0 unspecified atom stereocenters. The molecule has 0 spiro atoms. The van der Waals surface area contributed by atoms with Crippen LogP contribution in [0, 0.1) is 0 Å². The lowest BCUT2D eigenvalue weighted by Crippen LogP contribution is -2.43. The second-order valence-electron chi connectivity index (χ2n) is 3.41. The first-order valence-corrected chi connectivity index (χ1v) is 6.17. The average molecular weight is 238 g/mol. The van der Waals surface area contributed by atoms with Gasteiger partial charge in [0.15, 0.2) is 0 Å². The number of carbonyl (C=O) groups is 1. The highest BCUT2D eigenvalue weighted by Crippen LogP contribution is 2.06. The molecule has 0 atom stereocenters. The zero-order chi connectivity index (χ0) is 12.1. The van der Waals surface area contributed by atoms with E-state index in [1.165, 1.54) is 11.4 Å². The first-order chi connectivity index (χ1) is 6.81. The Labute approximate surface area is 90.5 Å². The van der Waals surface area contributed by atoms with E-state index in [0.717, 1.165) is 0 Å². The van der Waals surface area contributed by atoms with Crippen LogP contribution in [0.25, 0.3) is 0 Å². The lowest BCUT2D eigenvalue weighted by Gasteiger charge is -2.24. The van der Waals surface area contributed by atoms with E-state index in [1.54, 1.807) is 13.8 Å². The molecule has 0 fully saturated rings. The topological polar surface area (TPSA) is 86.7 Å². The minimum Gasteiger partial charge on any atom is -0.481 e. The molecule has 0 radical (unpaired) electrons. The van der Waals surface area contributed by atoms with Crippen LogP contribution in [0.2, 0.25) is 0 Å². The molecular formula is C8H18N2O4S. The third-order valence-electron chi connectivity index (χ3n) is 1.91. The van der Waals surface area contributed by atoms with Crippen molar-refractivity contribution in [3.05, 3.63) is 0 Å². The molecular weight excluding hydrogens is 220 g/mol. The monoisotopic (exact) mass is 238 g/mol. The van der Waals surface area contributed by atoms with Crippen molar-refractivity contribution in [2.75, 3.05) is 13.6 Å². The van der Waals surface area contributed by atoms with E-state index >= 15 is 0 Å². The fourth-order valence-electron chi connectivity index (χ4n) is 1.16. The molecule has 0 bridgehead atoms. The van der Waals surface area contributed by atoms with Gasteiger partial charge in [-0.2, -0.15) is 12.7 Å². The summed E-state index contributed by atoms with van der Waals surface area (Å²) in [6.07, 6.45) is 0.289. The van der Waals surface area contributed by atoms with Crippen molar-refractivity contribution in [2.45, 2.75) is 32.7 Å². The molecule has 0 aliphatic rings. The molecule has 0 aromatic heterocycles. The molecule has 15 heavy (non-hydrogen) atoms. The Kier molecular flexibility index (Phi) is 5.77. The number of aliphatic carboxylic acids is 1. The molecule has 0 saturated carbocycles. The Morgan fingerprint density at radius 1 is 1.47 bits per heavy atom. The quantitative estimate of drug-likeness (QED) is 0.655. The predicted molar refractivity (Wildman–Crippen MR) is 56.7 cm³/mol. The molecule has 0 aromatic carbocycles. The maximum absolute atomic E-state index is 11.5. The number of nitrogens with one attached hydrogen (secondary N) is 1. The van der Waals surface area contributed by atoms with Gasteiger partial charge in [-0.15, -0.1) is 0 Å². The SMILES string of the molecule is CNS(=O)(=O)N(CCCC(=O)O)C(C)C. The van der Waals surface area contributed by atoms with E-state index in [2.05, 4.69) is 4.72 Å². The van der Waals surface area contributed by atoms with Crippen molar-refractivity contribution in [3.8, 4) is 0 Å². The maximum atomic E-state index is 11.5. The Balaban J connectivity index is 4.37. The second kappa shape index (κ2) is 6.04. The van der Waals surface area contributed by atoms with Gasteiger partial charge in [-0.25, -0.2) is 4.72 Å². The van der Waals surface area contributed by atoms with Gasteiger partial charge in [0.2, 0.25) is 0 Å². The summed E-state index contributed by atoms with van der Waals surface area (Å²) >= 11 is 0. The van der Waals surface area contributed by atoms with Crippen molar-refractivity contribution in [1.29, 1.82) is 0 Å². The van der Waals surface area contributed by atoms with Gasteiger partial charge in [-0.1, -0.05) is 0 Å². The van der Waals surface area contributed by atoms with Gasteiger partial charge in [0, 0.05) is 26.1 Å². The van der Waals surface area contributed by atoms with Crippen LogP contribution >= 0.6 is 0 Å². The summed E-state index contributed by atoms with van der Waals surface area (Å²) in [6.45, 7) is 3.71. The standard InChI is InChI=1S/C8H18N2O4S/c1-7(2)10(15(13,14)9-3)6-4-5-8(11)12/h7,9H,4-6H2,1-3H3,(H,11,12). The zero-order valence-electron chi connectivity index (χ0n) is 9.23. The molecule has 6 nitrogen and oxygen atoms in total. The Morgan fingerprint density at radius 2 is 2.00 bits per heavy atom. The zero-order valence-corrected chi connectivity index (χ0v) is 10.0. The number of carboxylic acids is 1. The summed E-state index contributed by atoms with van der Waals surface area (Å²) in [6, 6.07) is -0.184. The van der Waals surface area contributed by atoms with Crippen LogP contribution in [0.3, 0.4) is 0 Å². The van der Waals surface area contributed by atoms with Crippen LogP contribution in [0.1, 0.15) is 26.7 Å². The maximum Gasteiger partial charge on any atom is 0.303 e. The summed E-state index contributed by atoms with van der Waals surface area (Å²) in [5.41, 5.74) is 0. The number of rotatable bonds is 7. The highest BCUT2D eigenvalue weighted by molar-refractivity contribution is 7.87. The van der Waals surface area contributed by atoms with Gasteiger partial charge in [-0.05, 0) is 20.3 Å². The predicted octanol–water partition coefficient (Wildman–Crippen LogP) is 0.0258. The summed E-state index contributed by atoms with van der Waals surface area (Å²) in [5, 5.41) is 8.44. The molecule has 0 rings (SSSR count). The highest BCUT2D eigenvalue weighted by Gasteiger charge is 2.22. The minimum absolute atomic E-state index is 0.0253. The van der Waals surface area contributed by atoms with Gasteiger partial charge < -0.3 is 5.11 Å². The lowest BCUT2D eigenvalue weighted by atomic mass is 10.3. The van der Waals surface area contributed by atoms with Crippen molar-refractivity contribution in [2.24, 2.45) is 0 Å². The third kappa shape index (κ3) is 5.10. The van der Waals surface area contributed by atoms with Crippen LogP contribution in [0.4, 0.5) is 0 Å². The van der Waals surface area contributed by atoms with Crippen LogP contribution in [0.5, 0.6) is 0 Å². The molecule has 7 heteroatoms. The molecule has 0 saturated heterocycles. The Bertz CT molecular complexity index is 300. The van der Waals surface area contributed by atoms with E-state index < -0.39 is 16.2 Å². The van der Waals surface area contributed by atoms with E-state index in [0.29, 0.717) is 6.42 Å². The molecule has 0 aromatic rings. The summed E-state index contributed by atoms with van der Waals surface area (Å²) in [5.74, 6) is -0.916. The van der Waals surface area contributed by atoms with Crippen LogP contribution < -0.4 is 4.72 Å². The fourth-order valence-corrected chi connectivity index (χ4v) is 2.32. The number of hydrogen-bond acceptors (Lipinski definition) is 3. The van der Waals surface area contributed by atoms with Gasteiger partial charge in [0.1, 0.15) is 0 Å². The lowest BCUT2D eigenvalue weighted by molar-refractivity contribution is -0.137. The molecule has 0 aliphatic carbocycles. The summed E-state index contributed by atoms with van der Waals surface area (Å²) < 4.78 is 26.4. The molecule has 0 heterocycles. The van der Waals surface area contributed by atoms with Crippen LogP contribution in [0.15, 0.2) is 0 Å². The smallest absolute Gasteiger partial charge is 0.303 e. The average Bonchev–Trinajstić information content (AvgIpc) is 2.11. The van der Waals surface area contributed by atoms with Gasteiger partial charge in [0.25, 0.3) is 10.2 Å². The molecule has 2 N–H and O–H groups in total. The summed E-state index contributed by atoms with van der Waals surface area (Å²) in [4.78, 5) is 10.3. The van der Waals surface area contributed by atoms with E-state index in [-0.39, 0.29) is 19.0 Å². The largest absolute Gasteiger partial charge is 0.481 e. The molecule has 0 amide bonds. The van der Waals surface area contributed by atoms with Gasteiger partial charge in [-0.3, -0.25) is 4.79 Å². The minimum atomic E-state index is -3.47. The van der Waals surface area contributed by atoms with Crippen LogP contribution in [-0.4, -0.2) is 43.4 Å². The Morgan fingerprint density at radius 3 is 2.33 bits per heavy atom. The Hall–Kier alpha value is -0.660. The fraction of sp³-hybridized carbons (Fsp3) is 0.875. The molecule has 0 aliphatic heterocycles. The first kappa shape index (κ1) is 14.3. The van der Waals surface area contributed by atoms with Crippen molar-refractivity contribution >= 4 is 16.2 Å². The number of nitrogens with zero attached hydrogens (tertiary/aromatic N) is 1. The van der Waals surface area contributed by atoms with Gasteiger partial charge in [0.05, 0.1) is 0 Å². The normalized spacial score (nSPS) is 12.3. The van der Waals surface area contributed by atoms with E-state index in [4.69, 9.17) is 5.11 Å². The van der Waals surface area contributed by atoms with E-state index in [1.807, 2.05) is 0 Å². The number of carboxylic acid groups (broad SMARTS) is 1. The van der Waals surface area contributed by atoms with E-state index in [9.17, 15) is 13.2 Å². The third-order valence-corrected chi connectivity index (χ3v) is 3.65. The van der Waals surface area contributed by atoms with Crippen molar-refractivity contribution < 1.29 is 18.3 Å². The highest BCUT2D eigenvalue weighted by atomic mass is 32.2. The molecule has 90 valence electrons. The van der Waals surface area contributed by atoms with Crippen molar-refractivity contribution in [1.82, 2.24) is 9.03 Å². The summed E-state index contributed by atoms with van der Waals surface area (Å²) in [7, 11) is -2.13. The number of hydrogen-bond donors (Lipinski definition) is 2. The first-order valence-electron chi connectivity index (χ1n) is 4.73. The van der Waals surface area contributed by atoms with Crippen molar-refractivity contribution in [3.63, 3.8) is 0 Å². The second-order valence-corrected chi connectivity index (χ2v) is 5.24. The van der Waals surface area contributed by atoms with Crippen LogP contribution in [-0.2, 0) is 15.0 Å².